The van der Waals surface area contributed by atoms with Gasteiger partial charge in [0.2, 0.25) is 0 Å². The highest BCUT2D eigenvalue weighted by molar-refractivity contribution is 6.00. The van der Waals surface area contributed by atoms with Crippen LogP contribution in [0.1, 0.15) is 35.3 Å². The van der Waals surface area contributed by atoms with Crippen molar-refractivity contribution in [2.45, 2.75) is 33.8 Å². The Morgan fingerprint density at radius 2 is 1.86 bits per heavy atom. The van der Waals surface area contributed by atoms with Crippen LogP contribution in [0, 0.1) is 31.3 Å². The van der Waals surface area contributed by atoms with E-state index in [1.165, 1.54) is 6.20 Å². The molecule has 1 aromatic heterocycles. The standard InChI is InChI=1S/C17H18F3N3O4.C2H6/c1-8-3-9(2)16(21-5-8)22-15-11(4-12(18)13(19)14(15)20)17(26)23-27-7-10(25)6-24;1-2/h3-5,10,24-25H,6-7H2,1-2H3,(H,21,22)(H,23,26);1-2H3/t10-;/m1./s1. The Balaban J connectivity index is 0.00000204. The predicted octanol–water partition coefficient (Wildman–Crippen LogP) is 2.90. The van der Waals surface area contributed by atoms with Crippen LogP contribution < -0.4 is 10.8 Å². The van der Waals surface area contributed by atoms with Crippen LogP contribution in [0.2, 0.25) is 0 Å². The van der Waals surface area contributed by atoms with E-state index >= 15 is 0 Å². The summed E-state index contributed by atoms with van der Waals surface area (Å²) in [5.41, 5.74) is 2.08. The lowest BCUT2D eigenvalue weighted by molar-refractivity contribution is -0.0295. The minimum absolute atomic E-state index is 0.149. The fraction of sp³-hybridized carbons (Fsp3) is 0.368. The monoisotopic (exact) mass is 415 g/mol. The normalized spacial score (nSPS) is 11.3. The fourth-order valence-corrected chi connectivity index (χ4v) is 2.17. The zero-order valence-electron chi connectivity index (χ0n) is 16.5. The lowest BCUT2D eigenvalue weighted by Crippen LogP contribution is -2.30. The van der Waals surface area contributed by atoms with Gasteiger partial charge in [0.05, 0.1) is 17.9 Å². The summed E-state index contributed by atoms with van der Waals surface area (Å²) in [6.45, 7) is 6.38. The Morgan fingerprint density at radius 1 is 1.21 bits per heavy atom. The zero-order valence-corrected chi connectivity index (χ0v) is 16.5. The van der Waals surface area contributed by atoms with Crippen molar-refractivity contribution >= 4 is 17.4 Å². The number of halogens is 3. The van der Waals surface area contributed by atoms with E-state index < -0.39 is 53.9 Å². The first-order valence-corrected chi connectivity index (χ1v) is 8.83. The number of benzene rings is 1. The van der Waals surface area contributed by atoms with Crippen LogP contribution in [0.3, 0.4) is 0 Å². The fourth-order valence-electron chi connectivity index (χ4n) is 2.17. The molecule has 0 saturated carbocycles. The number of carbonyl (C=O) groups excluding carboxylic acids is 1. The molecule has 0 saturated heterocycles. The molecule has 0 spiro atoms. The molecule has 0 fully saturated rings. The van der Waals surface area contributed by atoms with Crippen molar-refractivity contribution in [2.75, 3.05) is 18.5 Å². The first-order chi connectivity index (χ1) is 13.7. The van der Waals surface area contributed by atoms with Gasteiger partial charge in [-0.3, -0.25) is 9.63 Å². The largest absolute Gasteiger partial charge is 0.394 e. The molecule has 2 aromatic rings. The molecule has 0 radical (unpaired) electrons. The number of aliphatic hydroxyl groups is 2. The van der Waals surface area contributed by atoms with Crippen molar-refractivity contribution in [3.05, 3.63) is 52.5 Å². The number of aryl methyl sites for hydroxylation is 2. The molecule has 0 unspecified atom stereocenters. The Morgan fingerprint density at radius 3 is 2.45 bits per heavy atom. The Kier molecular flexibility index (Phi) is 9.53. The SMILES string of the molecule is CC.Cc1cnc(Nc2c(C(=O)NOC[C@H](O)CO)cc(F)c(F)c2F)c(C)c1. The average Bonchev–Trinajstić information content (AvgIpc) is 2.71. The van der Waals surface area contributed by atoms with Crippen molar-refractivity contribution < 1.29 is 33.0 Å². The molecule has 29 heavy (non-hydrogen) atoms. The van der Waals surface area contributed by atoms with Gasteiger partial charge in [-0.25, -0.2) is 23.6 Å². The van der Waals surface area contributed by atoms with Crippen LogP contribution in [-0.4, -0.2) is 40.4 Å². The number of nitrogens with one attached hydrogen (secondary N) is 2. The summed E-state index contributed by atoms with van der Waals surface area (Å²) in [4.78, 5) is 20.9. The maximum Gasteiger partial charge on any atom is 0.277 e. The minimum Gasteiger partial charge on any atom is -0.394 e. The molecule has 7 nitrogen and oxygen atoms in total. The van der Waals surface area contributed by atoms with Crippen molar-refractivity contribution in [2.24, 2.45) is 0 Å². The van der Waals surface area contributed by atoms with E-state index in [2.05, 4.69) is 15.1 Å². The number of rotatable bonds is 7. The molecular formula is C19H24F3N3O4. The Bertz CT molecular complexity index is 850. The molecule has 1 heterocycles. The first-order valence-electron chi connectivity index (χ1n) is 8.83. The maximum absolute atomic E-state index is 14.3. The Labute approximate surface area is 166 Å². The van der Waals surface area contributed by atoms with Crippen molar-refractivity contribution in [3.8, 4) is 0 Å². The molecule has 2 rings (SSSR count). The van der Waals surface area contributed by atoms with E-state index in [1.807, 2.05) is 19.3 Å². The van der Waals surface area contributed by atoms with E-state index in [0.717, 1.165) is 5.56 Å². The summed E-state index contributed by atoms with van der Waals surface area (Å²) in [6, 6.07) is 2.23. The van der Waals surface area contributed by atoms with Gasteiger partial charge in [-0.1, -0.05) is 19.9 Å². The predicted molar refractivity (Wildman–Crippen MR) is 101 cm³/mol. The van der Waals surface area contributed by atoms with Gasteiger partial charge in [-0.05, 0) is 31.0 Å². The number of nitrogens with zero attached hydrogens (tertiary/aromatic N) is 1. The van der Waals surface area contributed by atoms with Crippen molar-refractivity contribution in [1.29, 1.82) is 0 Å². The molecule has 0 aliphatic carbocycles. The number of hydrogen-bond acceptors (Lipinski definition) is 6. The topological polar surface area (TPSA) is 104 Å². The summed E-state index contributed by atoms with van der Waals surface area (Å²) < 4.78 is 41.6. The molecule has 4 N–H and O–H groups in total. The van der Waals surface area contributed by atoms with E-state index in [4.69, 9.17) is 10.2 Å². The molecule has 0 aliphatic heterocycles. The molecule has 1 atom stereocenters. The average molecular weight is 415 g/mol. The third kappa shape index (κ3) is 6.41. The molecule has 10 heteroatoms. The molecule has 0 bridgehead atoms. The van der Waals surface area contributed by atoms with E-state index in [-0.39, 0.29) is 5.82 Å². The number of hydrogen-bond donors (Lipinski definition) is 4. The second-order valence-corrected chi connectivity index (χ2v) is 5.79. The lowest BCUT2D eigenvalue weighted by atomic mass is 10.1. The van der Waals surface area contributed by atoms with Crippen LogP contribution in [0.5, 0.6) is 0 Å². The second kappa shape index (κ2) is 11.3. The highest BCUT2D eigenvalue weighted by atomic mass is 19.2. The van der Waals surface area contributed by atoms with Crippen molar-refractivity contribution in [3.63, 3.8) is 0 Å². The summed E-state index contributed by atoms with van der Waals surface area (Å²) in [7, 11) is 0. The number of carbonyl (C=O) groups is 1. The number of aliphatic hydroxyl groups excluding tert-OH is 2. The highest BCUT2D eigenvalue weighted by Gasteiger charge is 2.24. The maximum atomic E-state index is 14.3. The molecule has 0 aliphatic rings. The minimum atomic E-state index is -1.75. The van der Waals surface area contributed by atoms with Gasteiger partial charge < -0.3 is 15.5 Å². The summed E-state index contributed by atoms with van der Waals surface area (Å²) in [6.07, 6.45) is 0.218. The van der Waals surface area contributed by atoms with Crippen LogP contribution in [0.15, 0.2) is 18.3 Å². The smallest absolute Gasteiger partial charge is 0.277 e. The number of pyridine rings is 1. The van der Waals surface area contributed by atoms with E-state index in [0.29, 0.717) is 11.6 Å². The van der Waals surface area contributed by atoms with Crippen molar-refractivity contribution in [1.82, 2.24) is 10.5 Å². The van der Waals surface area contributed by atoms with E-state index in [1.54, 1.807) is 19.9 Å². The van der Waals surface area contributed by atoms with Crippen LogP contribution >= 0.6 is 0 Å². The van der Waals surface area contributed by atoms with Gasteiger partial charge in [-0.2, -0.15) is 0 Å². The van der Waals surface area contributed by atoms with Gasteiger partial charge in [0.1, 0.15) is 18.5 Å². The zero-order chi connectivity index (χ0) is 22.1. The number of anilines is 2. The summed E-state index contributed by atoms with van der Waals surface area (Å²) >= 11 is 0. The van der Waals surface area contributed by atoms with Gasteiger partial charge >= 0.3 is 0 Å². The molecule has 1 aromatic carbocycles. The lowest BCUT2D eigenvalue weighted by Gasteiger charge is -2.15. The Hall–Kier alpha value is -2.69. The number of hydroxylamine groups is 1. The number of aromatic nitrogens is 1. The van der Waals surface area contributed by atoms with Crippen LogP contribution in [0.25, 0.3) is 0 Å². The quantitative estimate of drug-likeness (QED) is 0.410. The highest BCUT2D eigenvalue weighted by Crippen LogP contribution is 2.29. The van der Waals surface area contributed by atoms with E-state index in [9.17, 15) is 18.0 Å². The van der Waals surface area contributed by atoms with Crippen LogP contribution in [-0.2, 0) is 4.84 Å². The van der Waals surface area contributed by atoms with Gasteiger partial charge in [-0.15, -0.1) is 0 Å². The van der Waals surface area contributed by atoms with Gasteiger partial charge in [0.25, 0.3) is 5.91 Å². The summed E-state index contributed by atoms with van der Waals surface area (Å²) in [5, 5.41) is 20.3. The third-order valence-corrected chi connectivity index (χ3v) is 3.52. The van der Waals surface area contributed by atoms with Gasteiger partial charge in [0.15, 0.2) is 17.5 Å². The molecule has 1 amide bonds. The first kappa shape index (κ1) is 24.3. The summed E-state index contributed by atoms with van der Waals surface area (Å²) in [5.74, 6) is -5.86. The van der Waals surface area contributed by atoms with Crippen LogP contribution in [0.4, 0.5) is 24.7 Å². The second-order valence-electron chi connectivity index (χ2n) is 5.79. The molecular weight excluding hydrogens is 391 g/mol. The van der Waals surface area contributed by atoms with Gasteiger partial charge in [0, 0.05) is 6.20 Å². The molecule has 160 valence electrons. The third-order valence-electron chi connectivity index (χ3n) is 3.52. The number of amides is 1.